The zero-order valence-corrected chi connectivity index (χ0v) is 12.5. The van der Waals surface area contributed by atoms with Crippen LogP contribution in [0.2, 0.25) is 5.02 Å². The van der Waals surface area contributed by atoms with E-state index in [0.29, 0.717) is 12.8 Å². The van der Waals surface area contributed by atoms with Crippen molar-refractivity contribution >= 4 is 21.6 Å². The Morgan fingerprint density at radius 3 is 2.47 bits per heavy atom. The van der Waals surface area contributed by atoms with Crippen molar-refractivity contribution in [2.45, 2.75) is 37.1 Å². The highest BCUT2D eigenvalue weighted by molar-refractivity contribution is 7.89. The highest BCUT2D eigenvalue weighted by atomic mass is 35.5. The number of sulfonamides is 1. The molecule has 1 aromatic carbocycles. The number of hydrogen-bond donors (Lipinski definition) is 2. The van der Waals surface area contributed by atoms with Crippen LogP contribution in [0.5, 0.6) is 0 Å². The van der Waals surface area contributed by atoms with E-state index in [2.05, 4.69) is 4.72 Å². The lowest BCUT2D eigenvalue weighted by Crippen LogP contribution is -2.49. The fourth-order valence-electron chi connectivity index (χ4n) is 1.50. The molecule has 0 spiro atoms. The van der Waals surface area contributed by atoms with Crippen LogP contribution in [0.3, 0.4) is 0 Å². The standard InChI is InChI=1S/C12H18ClFN2O2S/c1-3-12(15,4-2)8-16-19(17,18)11-7-9(14)5-6-10(11)13/h5-7,16H,3-4,8,15H2,1-2H3. The first-order valence-corrected chi connectivity index (χ1v) is 7.84. The average Bonchev–Trinajstić information content (AvgIpc) is 2.39. The molecule has 0 aliphatic heterocycles. The van der Waals surface area contributed by atoms with Crippen molar-refractivity contribution in [2.75, 3.05) is 6.54 Å². The highest BCUT2D eigenvalue weighted by Gasteiger charge is 2.25. The summed E-state index contributed by atoms with van der Waals surface area (Å²) in [5, 5.41) is -0.0236. The maximum Gasteiger partial charge on any atom is 0.242 e. The lowest BCUT2D eigenvalue weighted by atomic mass is 9.95. The third-order valence-electron chi connectivity index (χ3n) is 3.21. The lowest BCUT2D eigenvalue weighted by Gasteiger charge is -2.26. The third kappa shape index (κ3) is 4.14. The van der Waals surface area contributed by atoms with Gasteiger partial charge in [-0.05, 0) is 31.0 Å². The first-order chi connectivity index (χ1) is 8.74. The van der Waals surface area contributed by atoms with Crippen molar-refractivity contribution in [1.82, 2.24) is 4.72 Å². The highest BCUT2D eigenvalue weighted by Crippen LogP contribution is 2.22. The second-order valence-corrected chi connectivity index (χ2v) is 6.61. The van der Waals surface area contributed by atoms with Crippen molar-refractivity contribution in [3.63, 3.8) is 0 Å². The Labute approximate surface area is 118 Å². The topological polar surface area (TPSA) is 72.2 Å². The second kappa shape index (κ2) is 6.17. The van der Waals surface area contributed by atoms with E-state index >= 15 is 0 Å². The predicted molar refractivity (Wildman–Crippen MR) is 74.1 cm³/mol. The van der Waals surface area contributed by atoms with Crippen LogP contribution in [0.1, 0.15) is 26.7 Å². The van der Waals surface area contributed by atoms with E-state index in [9.17, 15) is 12.8 Å². The predicted octanol–water partition coefficient (Wildman–Crippen LogP) is 2.27. The minimum Gasteiger partial charge on any atom is -0.324 e. The summed E-state index contributed by atoms with van der Waals surface area (Å²) < 4.78 is 39.6. The number of halogens is 2. The van der Waals surface area contributed by atoms with E-state index in [1.807, 2.05) is 13.8 Å². The Morgan fingerprint density at radius 1 is 1.37 bits per heavy atom. The summed E-state index contributed by atoms with van der Waals surface area (Å²) in [5.41, 5.74) is 5.40. The second-order valence-electron chi connectivity index (χ2n) is 4.47. The first kappa shape index (κ1) is 16.4. The molecule has 0 aromatic heterocycles. The average molecular weight is 309 g/mol. The maximum absolute atomic E-state index is 13.1. The number of benzene rings is 1. The monoisotopic (exact) mass is 308 g/mol. The molecule has 0 amide bonds. The molecule has 0 bridgehead atoms. The van der Waals surface area contributed by atoms with Gasteiger partial charge in [0.15, 0.2) is 0 Å². The van der Waals surface area contributed by atoms with Crippen LogP contribution < -0.4 is 10.5 Å². The molecular formula is C12H18ClFN2O2S. The molecule has 7 heteroatoms. The summed E-state index contributed by atoms with van der Waals surface area (Å²) in [5.74, 6) is -0.658. The first-order valence-electron chi connectivity index (χ1n) is 5.97. The number of nitrogens with one attached hydrogen (secondary N) is 1. The molecule has 0 aliphatic rings. The van der Waals surface area contributed by atoms with Crippen LogP contribution in [-0.2, 0) is 10.0 Å². The quantitative estimate of drug-likeness (QED) is 0.847. The fourth-order valence-corrected chi connectivity index (χ4v) is 3.15. The van der Waals surface area contributed by atoms with Gasteiger partial charge in [-0.1, -0.05) is 25.4 Å². The van der Waals surface area contributed by atoms with Gasteiger partial charge in [-0.15, -0.1) is 0 Å². The summed E-state index contributed by atoms with van der Waals surface area (Å²) in [7, 11) is -3.87. The zero-order chi connectivity index (χ0) is 14.7. The molecule has 0 heterocycles. The van der Waals surface area contributed by atoms with E-state index in [1.165, 1.54) is 6.07 Å². The summed E-state index contributed by atoms with van der Waals surface area (Å²) in [6.45, 7) is 3.84. The Hall–Kier alpha value is -0.690. The van der Waals surface area contributed by atoms with Crippen LogP contribution in [0, 0.1) is 5.82 Å². The Morgan fingerprint density at radius 2 is 1.95 bits per heavy atom. The van der Waals surface area contributed by atoms with Crippen molar-refractivity contribution in [2.24, 2.45) is 5.73 Å². The largest absolute Gasteiger partial charge is 0.324 e. The van der Waals surface area contributed by atoms with E-state index in [0.717, 1.165) is 12.1 Å². The van der Waals surface area contributed by atoms with Gasteiger partial charge in [-0.2, -0.15) is 0 Å². The SMILES string of the molecule is CCC(N)(CC)CNS(=O)(=O)c1cc(F)ccc1Cl. The van der Waals surface area contributed by atoms with Gasteiger partial charge in [0, 0.05) is 12.1 Å². The van der Waals surface area contributed by atoms with Crippen LogP contribution in [0.15, 0.2) is 23.1 Å². The van der Waals surface area contributed by atoms with E-state index in [1.54, 1.807) is 0 Å². The smallest absolute Gasteiger partial charge is 0.242 e. The van der Waals surface area contributed by atoms with Crippen molar-refractivity contribution in [3.05, 3.63) is 29.0 Å². The molecule has 0 atom stereocenters. The van der Waals surface area contributed by atoms with Gasteiger partial charge >= 0.3 is 0 Å². The Bertz CT molecular complexity index is 545. The Balaban J connectivity index is 2.96. The van der Waals surface area contributed by atoms with Crippen molar-refractivity contribution in [3.8, 4) is 0 Å². The minimum absolute atomic E-state index is 0.0236. The molecule has 0 radical (unpaired) electrons. The molecule has 0 unspecified atom stereocenters. The molecular weight excluding hydrogens is 291 g/mol. The lowest BCUT2D eigenvalue weighted by molar-refractivity contribution is 0.391. The molecule has 19 heavy (non-hydrogen) atoms. The molecule has 0 fully saturated rings. The van der Waals surface area contributed by atoms with Gasteiger partial charge in [0.25, 0.3) is 0 Å². The fraction of sp³-hybridized carbons (Fsp3) is 0.500. The van der Waals surface area contributed by atoms with Crippen molar-refractivity contribution < 1.29 is 12.8 Å². The van der Waals surface area contributed by atoms with Gasteiger partial charge in [-0.25, -0.2) is 17.5 Å². The number of hydrogen-bond acceptors (Lipinski definition) is 3. The van der Waals surface area contributed by atoms with Gasteiger partial charge < -0.3 is 5.73 Å². The molecule has 0 saturated carbocycles. The molecule has 108 valence electrons. The summed E-state index contributed by atoms with van der Waals surface area (Å²) in [6, 6.07) is 3.20. The summed E-state index contributed by atoms with van der Waals surface area (Å²) >= 11 is 5.78. The van der Waals surface area contributed by atoms with Crippen LogP contribution in [-0.4, -0.2) is 20.5 Å². The van der Waals surface area contributed by atoms with Crippen LogP contribution in [0.4, 0.5) is 4.39 Å². The molecule has 4 nitrogen and oxygen atoms in total. The normalized spacial score (nSPS) is 12.7. The number of rotatable bonds is 6. The molecule has 1 rings (SSSR count). The molecule has 3 N–H and O–H groups in total. The van der Waals surface area contributed by atoms with Crippen molar-refractivity contribution in [1.29, 1.82) is 0 Å². The molecule has 0 saturated heterocycles. The van der Waals surface area contributed by atoms with Gasteiger partial charge in [0.05, 0.1) is 5.02 Å². The third-order valence-corrected chi connectivity index (χ3v) is 5.09. The van der Waals surface area contributed by atoms with Gasteiger partial charge in [0.2, 0.25) is 10.0 Å². The zero-order valence-electron chi connectivity index (χ0n) is 10.9. The molecule has 1 aromatic rings. The minimum atomic E-state index is -3.87. The summed E-state index contributed by atoms with van der Waals surface area (Å²) in [4.78, 5) is -0.274. The van der Waals surface area contributed by atoms with Gasteiger partial charge in [0.1, 0.15) is 10.7 Å². The summed E-state index contributed by atoms with van der Waals surface area (Å²) in [6.07, 6.45) is 1.26. The maximum atomic E-state index is 13.1. The Kier molecular flexibility index (Phi) is 5.32. The number of nitrogens with two attached hydrogens (primary N) is 1. The van der Waals surface area contributed by atoms with Crippen LogP contribution >= 0.6 is 11.6 Å². The van der Waals surface area contributed by atoms with E-state index < -0.39 is 21.4 Å². The van der Waals surface area contributed by atoms with E-state index in [4.69, 9.17) is 17.3 Å². The van der Waals surface area contributed by atoms with Gasteiger partial charge in [-0.3, -0.25) is 0 Å². The van der Waals surface area contributed by atoms with E-state index in [-0.39, 0.29) is 16.5 Å². The van der Waals surface area contributed by atoms with Crippen LogP contribution in [0.25, 0.3) is 0 Å². The molecule has 0 aliphatic carbocycles.